The van der Waals surface area contributed by atoms with Crippen LogP contribution in [0.25, 0.3) is 10.2 Å². The molecule has 3 aromatic carbocycles. The smallest absolute Gasteiger partial charge is 0.267 e. The van der Waals surface area contributed by atoms with Gasteiger partial charge in [0.25, 0.3) is 11.6 Å². The molecule has 9 heteroatoms. The first-order chi connectivity index (χ1) is 16.5. The Morgan fingerprint density at radius 1 is 1.06 bits per heavy atom. The van der Waals surface area contributed by atoms with E-state index in [9.17, 15) is 14.9 Å². The number of hydrogen-bond donors (Lipinski definition) is 0. The minimum Gasteiger partial charge on any atom is -0.267 e. The second kappa shape index (κ2) is 9.44. The Kier molecular flexibility index (Phi) is 6.21. The monoisotopic (exact) mass is 534 g/mol. The maximum atomic E-state index is 13.6. The van der Waals surface area contributed by atoms with Crippen LogP contribution in [0, 0.1) is 10.1 Å². The molecule has 1 aliphatic rings. The molecule has 7 nitrogen and oxygen atoms in total. The van der Waals surface area contributed by atoms with Gasteiger partial charge in [0.2, 0.25) is 5.13 Å². The molecular formula is C25H19BrN4O3S. The molecule has 0 radical (unpaired) electrons. The summed E-state index contributed by atoms with van der Waals surface area (Å²) in [4.78, 5) is 28.7. The number of fused-ring (bicyclic) bond motifs is 2. The summed E-state index contributed by atoms with van der Waals surface area (Å²) >= 11 is 4.85. The molecule has 0 N–H and O–H groups in total. The van der Waals surface area contributed by atoms with Gasteiger partial charge >= 0.3 is 0 Å². The van der Waals surface area contributed by atoms with E-state index in [1.165, 1.54) is 52.2 Å². The van der Waals surface area contributed by atoms with E-state index >= 15 is 0 Å². The van der Waals surface area contributed by atoms with Crippen LogP contribution in [0.5, 0.6) is 0 Å². The molecule has 0 bridgehead atoms. The average Bonchev–Trinajstić information content (AvgIpc) is 3.26. The number of rotatable bonds is 5. The lowest BCUT2D eigenvalue weighted by molar-refractivity contribution is -0.384. The zero-order valence-electron chi connectivity index (χ0n) is 18.0. The lowest BCUT2D eigenvalue weighted by Gasteiger charge is -2.18. The van der Waals surface area contributed by atoms with Crippen molar-refractivity contribution in [3.8, 4) is 0 Å². The number of nitro benzene ring substituents is 1. The molecule has 0 fully saturated rings. The summed E-state index contributed by atoms with van der Waals surface area (Å²) in [6.45, 7) is 0. The zero-order valence-corrected chi connectivity index (χ0v) is 20.4. The van der Waals surface area contributed by atoms with E-state index in [1.807, 2.05) is 36.4 Å². The first kappa shape index (κ1) is 22.4. The van der Waals surface area contributed by atoms with E-state index < -0.39 is 4.92 Å². The van der Waals surface area contributed by atoms with Gasteiger partial charge in [-0.2, -0.15) is 10.1 Å². The molecule has 5 rings (SSSR count). The second-order valence-electron chi connectivity index (χ2n) is 8.01. The lowest BCUT2D eigenvalue weighted by atomic mass is 9.90. The quantitative estimate of drug-likeness (QED) is 0.165. The number of non-ortho nitro benzene ring substituents is 1. The number of carbonyl (C=O) groups excluding carboxylic acids is 1. The summed E-state index contributed by atoms with van der Waals surface area (Å²) in [5.41, 5.74) is 4.48. The fourth-order valence-corrected chi connectivity index (χ4v) is 5.43. The highest BCUT2D eigenvalue weighted by atomic mass is 79.9. The van der Waals surface area contributed by atoms with Gasteiger partial charge in [0.05, 0.1) is 21.4 Å². The SMILES string of the molecule is O=C(c1ccc2c(c1)CCCC2)N(/N=C/c1ccc([N+](=O)[O-])cc1)c1nc2ccc(Br)cc2s1. The number of carbonyl (C=O) groups is 1. The second-order valence-corrected chi connectivity index (χ2v) is 9.93. The maximum absolute atomic E-state index is 13.6. The van der Waals surface area contributed by atoms with E-state index in [4.69, 9.17) is 0 Å². The van der Waals surface area contributed by atoms with Crippen LogP contribution >= 0.6 is 27.3 Å². The van der Waals surface area contributed by atoms with Crippen molar-refractivity contribution in [3.05, 3.63) is 97.5 Å². The summed E-state index contributed by atoms with van der Waals surface area (Å²) < 4.78 is 1.86. The molecule has 1 amide bonds. The molecule has 0 saturated heterocycles. The number of aromatic nitrogens is 1. The van der Waals surface area contributed by atoms with Crippen LogP contribution in [0.4, 0.5) is 10.8 Å². The number of nitrogens with zero attached hydrogens (tertiary/aromatic N) is 4. The third-order valence-electron chi connectivity index (χ3n) is 5.73. The first-order valence-electron chi connectivity index (χ1n) is 10.8. The van der Waals surface area contributed by atoms with Crippen molar-refractivity contribution in [1.82, 2.24) is 4.98 Å². The number of hydrogen-bond acceptors (Lipinski definition) is 6. The molecular weight excluding hydrogens is 516 g/mol. The van der Waals surface area contributed by atoms with Crippen LogP contribution in [-0.4, -0.2) is 22.0 Å². The van der Waals surface area contributed by atoms with E-state index in [1.54, 1.807) is 12.1 Å². The number of thiazole rings is 1. The van der Waals surface area contributed by atoms with Gasteiger partial charge in [0, 0.05) is 22.2 Å². The standard InChI is InChI=1S/C25H19BrN4O3S/c26-20-9-12-22-23(14-20)34-25(28-22)29(27-15-16-5-10-21(11-6-16)30(32)33)24(31)19-8-7-17-3-1-2-4-18(17)13-19/h5-15H,1-4H2/b27-15+. The topological polar surface area (TPSA) is 88.7 Å². The van der Waals surface area contributed by atoms with Crippen LogP contribution in [0.2, 0.25) is 0 Å². The van der Waals surface area contributed by atoms with Crippen LogP contribution in [0.3, 0.4) is 0 Å². The Labute approximate surface area is 208 Å². The highest BCUT2D eigenvalue weighted by Gasteiger charge is 2.22. The summed E-state index contributed by atoms with van der Waals surface area (Å²) in [6.07, 6.45) is 5.82. The summed E-state index contributed by atoms with van der Waals surface area (Å²) in [7, 11) is 0. The summed E-state index contributed by atoms with van der Waals surface area (Å²) in [6, 6.07) is 17.6. The Bertz CT molecular complexity index is 1430. The Hall–Kier alpha value is -3.43. The highest BCUT2D eigenvalue weighted by Crippen LogP contribution is 2.32. The largest absolute Gasteiger partial charge is 0.280 e. The fourth-order valence-electron chi connectivity index (χ4n) is 3.96. The first-order valence-corrected chi connectivity index (χ1v) is 12.4. The molecule has 0 aliphatic heterocycles. The number of amides is 1. The predicted octanol–water partition coefficient (Wildman–Crippen LogP) is 6.53. The van der Waals surface area contributed by atoms with E-state index in [-0.39, 0.29) is 11.6 Å². The Morgan fingerprint density at radius 3 is 2.59 bits per heavy atom. The van der Waals surface area contributed by atoms with Gasteiger partial charge in [-0.25, -0.2) is 4.98 Å². The maximum Gasteiger partial charge on any atom is 0.280 e. The fraction of sp³-hybridized carbons (Fsp3) is 0.160. The summed E-state index contributed by atoms with van der Waals surface area (Å²) in [5.74, 6) is -0.273. The van der Waals surface area contributed by atoms with Crippen molar-refractivity contribution in [1.29, 1.82) is 0 Å². The van der Waals surface area contributed by atoms with Gasteiger partial charge in [0.15, 0.2) is 0 Å². The van der Waals surface area contributed by atoms with Crippen molar-refractivity contribution < 1.29 is 9.72 Å². The number of anilines is 1. The number of hydrazone groups is 1. The molecule has 1 aliphatic carbocycles. The van der Waals surface area contributed by atoms with Crippen LogP contribution in [0.1, 0.15) is 39.9 Å². The van der Waals surface area contributed by atoms with Gasteiger partial charge in [0.1, 0.15) is 0 Å². The molecule has 0 unspecified atom stereocenters. The van der Waals surface area contributed by atoms with Gasteiger partial charge in [-0.3, -0.25) is 14.9 Å². The Morgan fingerprint density at radius 2 is 1.82 bits per heavy atom. The number of aryl methyl sites for hydroxylation is 2. The van der Waals surface area contributed by atoms with E-state index in [2.05, 4.69) is 26.0 Å². The van der Waals surface area contributed by atoms with Crippen molar-refractivity contribution in [2.45, 2.75) is 25.7 Å². The van der Waals surface area contributed by atoms with Crippen molar-refractivity contribution >= 4 is 60.4 Å². The van der Waals surface area contributed by atoms with E-state index in [0.29, 0.717) is 16.3 Å². The van der Waals surface area contributed by atoms with Gasteiger partial charge in [-0.05, 0) is 84.8 Å². The zero-order chi connectivity index (χ0) is 23.7. The molecule has 0 spiro atoms. The molecule has 0 saturated carbocycles. The normalized spacial score (nSPS) is 13.2. The molecule has 1 heterocycles. The van der Waals surface area contributed by atoms with Crippen molar-refractivity contribution in [2.75, 3.05) is 5.01 Å². The van der Waals surface area contributed by atoms with Gasteiger partial charge in [-0.15, -0.1) is 0 Å². The minimum absolute atomic E-state index is 0.00380. The lowest BCUT2D eigenvalue weighted by Crippen LogP contribution is -2.26. The molecule has 4 aromatic rings. The average molecular weight is 535 g/mol. The van der Waals surface area contributed by atoms with Gasteiger partial charge in [-0.1, -0.05) is 33.3 Å². The number of halogens is 1. The van der Waals surface area contributed by atoms with Crippen LogP contribution in [-0.2, 0) is 12.8 Å². The number of benzene rings is 3. The van der Waals surface area contributed by atoms with E-state index in [0.717, 1.165) is 34.0 Å². The third kappa shape index (κ3) is 4.62. The molecule has 1 aromatic heterocycles. The number of nitro groups is 1. The van der Waals surface area contributed by atoms with Gasteiger partial charge < -0.3 is 0 Å². The molecule has 34 heavy (non-hydrogen) atoms. The molecule has 170 valence electrons. The predicted molar refractivity (Wildman–Crippen MR) is 138 cm³/mol. The van der Waals surface area contributed by atoms with Crippen molar-refractivity contribution in [3.63, 3.8) is 0 Å². The van der Waals surface area contributed by atoms with Crippen molar-refractivity contribution in [2.24, 2.45) is 5.10 Å². The summed E-state index contributed by atoms with van der Waals surface area (Å²) in [5, 5.41) is 17.2. The Balaban J connectivity index is 1.53. The molecule has 0 atom stereocenters. The minimum atomic E-state index is -0.452. The highest BCUT2D eigenvalue weighted by molar-refractivity contribution is 9.10. The third-order valence-corrected chi connectivity index (χ3v) is 7.22. The van der Waals surface area contributed by atoms with Crippen LogP contribution in [0.15, 0.2) is 70.2 Å². The van der Waals surface area contributed by atoms with Crippen LogP contribution < -0.4 is 5.01 Å².